The number of nitrogens with zero attached hydrogens (tertiary/aromatic N) is 1. The molecule has 1 aromatic carbocycles. The SMILES string of the molecule is OC1CCCC1N1CCC(NCc2cc(Br)ccc2F)CC1. The summed E-state index contributed by atoms with van der Waals surface area (Å²) in [5.41, 5.74) is 0.711. The van der Waals surface area contributed by atoms with Gasteiger partial charge in [-0.05, 0) is 50.3 Å². The second-order valence-electron chi connectivity index (χ2n) is 6.49. The van der Waals surface area contributed by atoms with Crippen LogP contribution in [-0.2, 0) is 6.54 Å². The van der Waals surface area contributed by atoms with E-state index < -0.39 is 0 Å². The quantitative estimate of drug-likeness (QED) is 0.854. The second kappa shape index (κ2) is 7.39. The highest BCUT2D eigenvalue weighted by Crippen LogP contribution is 2.27. The molecule has 0 amide bonds. The monoisotopic (exact) mass is 370 g/mol. The van der Waals surface area contributed by atoms with Crippen molar-refractivity contribution in [3.05, 3.63) is 34.1 Å². The highest BCUT2D eigenvalue weighted by molar-refractivity contribution is 9.10. The third-order valence-electron chi connectivity index (χ3n) is 5.03. The number of likely N-dealkylation sites (tertiary alicyclic amines) is 1. The fourth-order valence-electron chi connectivity index (χ4n) is 3.72. The summed E-state index contributed by atoms with van der Waals surface area (Å²) in [5, 5.41) is 13.5. The lowest BCUT2D eigenvalue weighted by Crippen LogP contribution is -2.48. The zero-order chi connectivity index (χ0) is 15.5. The summed E-state index contributed by atoms with van der Waals surface area (Å²) < 4.78 is 14.6. The third-order valence-corrected chi connectivity index (χ3v) is 5.52. The van der Waals surface area contributed by atoms with Gasteiger partial charge in [0.15, 0.2) is 0 Å². The Morgan fingerprint density at radius 1 is 1.23 bits per heavy atom. The van der Waals surface area contributed by atoms with E-state index in [-0.39, 0.29) is 11.9 Å². The van der Waals surface area contributed by atoms with Gasteiger partial charge in [0.2, 0.25) is 0 Å². The van der Waals surface area contributed by atoms with Gasteiger partial charge in [-0.3, -0.25) is 4.90 Å². The predicted molar refractivity (Wildman–Crippen MR) is 89.2 cm³/mol. The maximum atomic E-state index is 13.7. The minimum absolute atomic E-state index is 0.139. The van der Waals surface area contributed by atoms with Crippen LogP contribution in [0.15, 0.2) is 22.7 Å². The van der Waals surface area contributed by atoms with E-state index in [1.807, 2.05) is 6.07 Å². The van der Waals surface area contributed by atoms with Gasteiger partial charge >= 0.3 is 0 Å². The molecular weight excluding hydrogens is 347 g/mol. The number of benzene rings is 1. The molecule has 0 spiro atoms. The number of aliphatic hydroxyl groups is 1. The fourth-order valence-corrected chi connectivity index (χ4v) is 4.12. The molecule has 0 aromatic heterocycles. The molecule has 1 aromatic rings. The van der Waals surface area contributed by atoms with Crippen LogP contribution in [0.2, 0.25) is 0 Å². The van der Waals surface area contributed by atoms with E-state index in [2.05, 4.69) is 26.1 Å². The van der Waals surface area contributed by atoms with Crippen LogP contribution >= 0.6 is 15.9 Å². The van der Waals surface area contributed by atoms with Gasteiger partial charge in [-0.2, -0.15) is 0 Å². The minimum atomic E-state index is -0.151. The van der Waals surface area contributed by atoms with E-state index >= 15 is 0 Å². The summed E-state index contributed by atoms with van der Waals surface area (Å²) in [6.07, 6.45) is 5.22. The molecule has 22 heavy (non-hydrogen) atoms. The lowest BCUT2D eigenvalue weighted by Gasteiger charge is -2.37. The Hall–Kier alpha value is -0.490. The Labute approximate surface area is 140 Å². The topological polar surface area (TPSA) is 35.5 Å². The zero-order valence-corrected chi connectivity index (χ0v) is 14.4. The molecule has 3 nitrogen and oxygen atoms in total. The van der Waals surface area contributed by atoms with E-state index in [1.165, 1.54) is 6.07 Å². The highest BCUT2D eigenvalue weighted by atomic mass is 79.9. The molecule has 1 aliphatic heterocycles. The van der Waals surface area contributed by atoms with Crippen molar-refractivity contribution in [2.45, 2.75) is 56.8 Å². The molecule has 1 saturated carbocycles. The average Bonchev–Trinajstić information content (AvgIpc) is 2.95. The molecular formula is C17H24BrFN2O. The van der Waals surface area contributed by atoms with Crippen molar-refractivity contribution in [3.63, 3.8) is 0 Å². The van der Waals surface area contributed by atoms with Gasteiger partial charge in [-0.1, -0.05) is 15.9 Å². The number of hydrogen-bond acceptors (Lipinski definition) is 3. The highest BCUT2D eigenvalue weighted by Gasteiger charge is 2.32. The summed E-state index contributed by atoms with van der Waals surface area (Å²) >= 11 is 3.39. The Kier molecular flexibility index (Phi) is 5.50. The van der Waals surface area contributed by atoms with E-state index in [0.29, 0.717) is 24.2 Å². The molecule has 1 saturated heterocycles. The van der Waals surface area contributed by atoms with E-state index in [4.69, 9.17) is 0 Å². The van der Waals surface area contributed by atoms with Crippen molar-refractivity contribution < 1.29 is 9.50 Å². The van der Waals surface area contributed by atoms with Crippen molar-refractivity contribution in [2.24, 2.45) is 0 Å². The van der Waals surface area contributed by atoms with E-state index in [0.717, 1.165) is 49.7 Å². The summed E-state index contributed by atoms with van der Waals surface area (Å²) in [6, 6.07) is 5.87. The summed E-state index contributed by atoms with van der Waals surface area (Å²) in [6.45, 7) is 2.63. The summed E-state index contributed by atoms with van der Waals surface area (Å²) in [5.74, 6) is -0.151. The first-order valence-electron chi connectivity index (χ1n) is 8.23. The van der Waals surface area contributed by atoms with Crippen LogP contribution in [0.25, 0.3) is 0 Å². The summed E-state index contributed by atoms with van der Waals surface area (Å²) in [7, 11) is 0. The van der Waals surface area contributed by atoms with Gasteiger partial charge in [0.1, 0.15) is 5.82 Å². The molecule has 1 heterocycles. The van der Waals surface area contributed by atoms with E-state index in [1.54, 1.807) is 6.07 Å². The Bertz CT molecular complexity index is 505. The molecule has 2 fully saturated rings. The first kappa shape index (κ1) is 16.4. The Balaban J connectivity index is 1.47. The first-order chi connectivity index (χ1) is 10.6. The number of nitrogens with one attached hydrogen (secondary N) is 1. The zero-order valence-electron chi connectivity index (χ0n) is 12.8. The Morgan fingerprint density at radius 3 is 2.68 bits per heavy atom. The number of hydrogen-bond donors (Lipinski definition) is 2. The van der Waals surface area contributed by atoms with Gasteiger partial charge in [-0.15, -0.1) is 0 Å². The Morgan fingerprint density at radius 2 is 2.00 bits per heavy atom. The van der Waals surface area contributed by atoms with Crippen LogP contribution in [-0.4, -0.2) is 41.3 Å². The normalized spacial score (nSPS) is 27.4. The van der Waals surface area contributed by atoms with Crippen LogP contribution < -0.4 is 5.32 Å². The van der Waals surface area contributed by atoms with E-state index in [9.17, 15) is 9.50 Å². The lowest BCUT2D eigenvalue weighted by atomic mass is 10.0. The fraction of sp³-hybridized carbons (Fsp3) is 0.647. The van der Waals surface area contributed by atoms with Crippen molar-refractivity contribution in [3.8, 4) is 0 Å². The van der Waals surface area contributed by atoms with Crippen molar-refractivity contribution >= 4 is 15.9 Å². The molecule has 5 heteroatoms. The second-order valence-corrected chi connectivity index (χ2v) is 7.41. The van der Waals surface area contributed by atoms with Gasteiger partial charge in [0.25, 0.3) is 0 Å². The standard InChI is InChI=1S/C17H24BrFN2O/c18-13-4-5-15(19)12(10-13)11-20-14-6-8-21(9-7-14)16-2-1-3-17(16)22/h4-5,10,14,16-17,20,22H,1-3,6-9,11H2. The number of rotatable bonds is 4. The molecule has 2 unspecified atom stereocenters. The van der Waals surface area contributed by atoms with Crippen molar-refractivity contribution in [1.29, 1.82) is 0 Å². The molecule has 2 atom stereocenters. The molecule has 2 N–H and O–H groups in total. The van der Waals surface area contributed by atoms with Crippen molar-refractivity contribution in [2.75, 3.05) is 13.1 Å². The van der Waals surface area contributed by atoms with Crippen molar-refractivity contribution in [1.82, 2.24) is 10.2 Å². The van der Waals surface area contributed by atoms with Crippen LogP contribution in [0.4, 0.5) is 4.39 Å². The maximum Gasteiger partial charge on any atom is 0.127 e. The maximum absolute atomic E-state index is 13.7. The van der Waals surface area contributed by atoms with Crippen LogP contribution in [0.1, 0.15) is 37.7 Å². The average molecular weight is 371 g/mol. The molecule has 0 bridgehead atoms. The molecule has 0 radical (unpaired) electrons. The smallest absolute Gasteiger partial charge is 0.127 e. The lowest BCUT2D eigenvalue weighted by molar-refractivity contribution is 0.0526. The number of halogens is 2. The van der Waals surface area contributed by atoms with Gasteiger partial charge in [0.05, 0.1) is 6.10 Å². The summed E-state index contributed by atoms with van der Waals surface area (Å²) in [4.78, 5) is 2.44. The predicted octanol–water partition coefficient (Wildman–Crippen LogP) is 3.06. The van der Waals surface area contributed by atoms with Gasteiger partial charge in [-0.25, -0.2) is 4.39 Å². The van der Waals surface area contributed by atoms with Gasteiger partial charge < -0.3 is 10.4 Å². The molecule has 2 aliphatic rings. The number of aliphatic hydroxyl groups excluding tert-OH is 1. The molecule has 1 aliphatic carbocycles. The third kappa shape index (κ3) is 3.88. The minimum Gasteiger partial charge on any atom is -0.391 e. The van der Waals surface area contributed by atoms with Crippen LogP contribution in [0, 0.1) is 5.82 Å². The van der Waals surface area contributed by atoms with Crippen LogP contribution in [0.5, 0.6) is 0 Å². The largest absolute Gasteiger partial charge is 0.391 e. The molecule has 122 valence electrons. The molecule has 3 rings (SSSR count). The number of piperidine rings is 1. The van der Waals surface area contributed by atoms with Gasteiger partial charge in [0, 0.05) is 41.8 Å². The first-order valence-corrected chi connectivity index (χ1v) is 9.02. The van der Waals surface area contributed by atoms with Crippen LogP contribution in [0.3, 0.4) is 0 Å².